The zero-order valence-electron chi connectivity index (χ0n) is 12.2. The summed E-state index contributed by atoms with van der Waals surface area (Å²) in [5.41, 5.74) is 0.954. The lowest BCUT2D eigenvalue weighted by Gasteiger charge is -2.11. The number of pyridine rings is 1. The summed E-state index contributed by atoms with van der Waals surface area (Å²) in [6.07, 6.45) is 3.31. The Morgan fingerprint density at radius 2 is 2.24 bits per heavy atom. The number of thiazole rings is 1. The topological polar surface area (TPSA) is 86.9 Å². The van der Waals surface area contributed by atoms with E-state index in [-0.39, 0.29) is 17.5 Å². The largest absolute Gasteiger partial charge is 0.337 e. The quantitative estimate of drug-likeness (QED) is 0.810. The third-order valence-electron chi connectivity index (χ3n) is 2.98. The number of amides is 2. The summed E-state index contributed by atoms with van der Waals surface area (Å²) in [5.74, 6) is 0.159. The number of H-pyrrole nitrogens is 1. The molecule has 0 aliphatic heterocycles. The number of rotatable bonds is 4. The Morgan fingerprint density at radius 1 is 1.48 bits per heavy atom. The van der Waals surface area contributed by atoms with Crippen LogP contribution >= 0.6 is 11.3 Å². The Balaban J connectivity index is 1.87. The molecule has 0 aromatic carbocycles. The molecule has 0 aliphatic rings. The second-order valence-corrected chi connectivity index (χ2v) is 6.21. The highest BCUT2D eigenvalue weighted by atomic mass is 32.1. The number of anilines is 1. The van der Waals surface area contributed by atoms with Gasteiger partial charge in [0.05, 0.1) is 10.7 Å². The summed E-state index contributed by atoms with van der Waals surface area (Å²) < 4.78 is 0. The molecular weight excluding hydrogens is 288 g/mol. The van der Waals surface area contributed by atoms with E-state index in [4.69, 9.17) is 0 Å². The average Bonchev–Trinajstić information content (AvgIpc) is 2.87. The smallest absolute Gasteiger partial charge is 0.319 e. The standard InChI is InChI=1S/C14H18N4O2S/c1-8-4-11(7-15-12(8)19)18-14(20)17-5-9(2)13-16-6-10(3)21-13/h4,6-7,9H,5H2,1-3H3,(H,15,19)(H2,17,18,20). The van der Waals surface area contributed by atoms with Gasteiger partial charge in [-0.25, -0.2) is 9.78 Å². The van der Waals surface area contributed by atoms with E-state index in [1.165, 1.54) is 6.20 Å². The number of aryl methyl sites for hydroxylation is 2. The van der Waals surface area contributed by atoms with Crippen LogP contribution in [0.5, 0.6) is 0 Å². The van der Waals surface area contributed by atoms with Gasteiger partial charge in [-0.15, -0.1) is 11.3 Å². The van der Waals surface area contributed by atoms with Crippen LogP contribution < -0.4 is 16.2 Å². The van der Waals surface area contributed by atoms with Crippen LogP contribution in [0, 0.1) is 13.8 Å². The van der Waals surface area contributed by atoms with E-state index in [1.54, 1.807) is 24.3 Å². The lowest BCUT2D eigenvalue weighted by molar-refractivity contribution is 0.251. The molecule has 2 aromatic rings. The fraction of sp³-hybridized carbons (Fsp3) is 0.357. The van der Waals surface area contributed by atoms with Gasteiger partial charge in [-0.1, -0.05) is 6.92 Å². The summed E-state index contributed by atoms with van der Waals surface area (Å²) in [5, 5.41) is 6.49. The van der Waals surface area contributed by atoms with Crippen LogP contribution in [0.3, 0.4) is 0 Å². The predicted octanol–water partition coefficient (Wildman–Crippen LogP) is 2.37. The molecule has 2 aromatic heterocycles. The van der Waals surface area contributed by atoms with Crippen molar-refractivity contribution in [2.45, 2.75) is 26.7 Å². The van der Waals surface area contributed by atoms with Crippen LogP contribution in [0.2, 0.25) is 0 Å². The van der Waals surface area contributed by atoms with Gasteiger partial charge < -0.3 is 15.6 Å². The van der Waals surface area contributed by atoms with E-state index in [0.717, 1.165) is 9.88 Å². The molecule has 2 amide bonds. The fourth-order valence-corrected chi connectivity index (χ4v) is 2.60. The maximum Gasteiger partial charge on any atom is 0.319 e. The Bertz CT molecular complexity index is 692. The van der Waals surface area contributed by atoms with Gasteiger partial charge in [0, 0.05) is 35.3 Å². The van der Waals surface area contributed by atoms with Crippen molar-refractivity contribution < 1.29 is 4.79 Å². The molecule has 112 valence electrons. The fourth-order valence-electron chi connectivity index (χ4n) is 1.78. The van der Waals surface area contributed by atoms with E-state index in [9.17, 15) is 9.59 Å². The van der Waals surface area contributed by atoms with Gasteiger partial charge in [-0.3, -0.25) is 4.79 Å². The molecule has 0 saturated carbocycles. The molecule has 2 rings (SSSR count). The van der Waals surface area contributed by atoms with Crippen molar-refractivity contribution in [3.05, 3.63) is 44.3 Å². The third-order valence-corrected chi connectivity index (χ3v) is 4.12. The van der Waals surface area contributed by atoms with Crippen molar-refractivity contribution >= 4 is 23.1 Å². The first-order valence-electron chi connectivity index (χ1n) is 6.62. The maximum atomic E-state index is 11.8. The summed E-state index contributed by atoms with van der Waals surface area (Å²) >= 11 is 1.63. The number of urea groups is 1. The second-order valence-electron chi connectivity index (χ2n) is 4.95. The van der Waals surface area contributed by atoms with Crippen molar-refractivity contribution in [1.82, 2.24) is 15.3 Å². The predicted molar refractivity (Wildman–Crippen MR) is 84.1 cm³/mol. The van der Waals surface area contributed by atoms with E-state index in [2.05, 4.69) is 20.6 Å². The molecule has 0 fully saturated rings. The van der Waals surface area contributed by atoms with Gasteiger partial charge in [-0.05, 0) is 19.9 Å². The number of aromatic nitrogens is 2. The minimum Gasteiger partial charge on any atom is -0.337 e. The van der Waals surface area contributed by atoms with E-state index in [0.29, 0.717) is 17.8 Å². The summed E-state index contributed by atoms with van der Waals surface area (Å²) in [7, 11) is 0. The highest BCUT2D eigenvalue weighted by Crippen LogP contribution is 2.20. The molecule has 7 heteroatoms. The molecular formula is C14H18N4O2S. The zero-order valence-corrected chi connectivity index (χ0v) is 13.0. The third kappa shape index (κ3) is 4.16. The van der Waals surface area contributed by atoms with Crippen molar-refractivity contribution in [2.75, 3.05) is 11.9 Å². The maximum absolute atomic E-state index is 11.8. The van der Waals surface area contributed by atoms with Crippen LogP contribution in [-0.4, -0.2) is 22.5 Å². The minimum absolute atomic E-state index is 0.159. The van der Waals surface area contributed by atoms with Crippen LogP contribution in [0.15, 0.2) is 23.3 Å². The first-order chi connectivity index (χ1) is 9.95. The number of carbonyl (C=O) groups excluding carboxylic acids is 1. The first kappa shape index (κ1) is 15.2. The highest BCUT2D eigenvalue weighted by Gasteiger charge is 2.11. The molecule has 1 unspecified atom stereocenters. The number of hydrogen-bond donors (Lipinski definition) is 3. The van der Waals surface area contributed by atoms with Gasteiger partial charge in [0.2, 0.25) is 0 Å². The Hall–Kier alpha value is -2.15. The Morgan fingerprint density at radius 3 is 2.86 bits per heavy atom. The Kier molecular flexibility index (Phi) is 4.74. The molecule has 21 heavy (non-hydrogen) atoms. The van der Waals surface area contributed by atoms with E-state index >= 15 is 0 Å². The second kappa shape index (κ2) is 6.53. The zero-order chi connectivity index (χ0) is 15.4. The molecule has 0 aliphatic carbocycles. The molecule has 0 saturated heterocycles. The molecule has 1 atom stereocenters. The molecule has 3 N–H and O–H groups in total. The van der Waals surface area contributed by atoms with Crippen molar-refractivity contribution in [3.63, 3.8) is 0 Å². The summed E-state index contributed by atoms with van der Waals surface area (Å²) in [4.78, 5) is 31.1. The van der Waals surface area contributed by atoms with E-state index in [1.807, 2.05) is 20.0 Å². The van der Waals surface area contributed by atoms with Gasteiger partial charge in [0.15, 0.2) is 0 Å². The van der Waals surface area contributed by atoms with Crippen LogP contribution in [0.25, 0.3) is 0 Å². The number of hydrogen-bond acceptors (Lipinski definition) is 4. The molecule has 0 radical (unpaired) electrons. The first-order valence-corrected chi connectivity index (χ1v) is 7.44. The van der Waals surface area contributed by atoms with Gasteiger partial charge in [-0.2, -0.15) is 0 Å². The van der Waals surface area contributed by atoms with Crippen LogP contribution in [0.4, 0.5) is 10.5 Å². The van der Waals surface area contributed by atoms with Crippen molar-refractivity contribution in [2.24, 2.45) is 0 Å². The monoisotopic (exact) mass is 306 g/mol. The SMILES string of the molecule is Cc1cnc(C(C)CNC(=O)Nc2c[nH]c(=O)c(C)c2)s1. The van der Waals surface area contributed by atoms with Crippen molar-refractivity contribution in [3.8, 4) is 0 Å². The molecule has 2 heterocycles. The Labute approximate surface area is 126 Å². The normalized spacial score (nSPS) is 12.0. The number of carbonyl (C=O) groups is 1. The lowest BCUT2D eigenvalue weighted by atomic mass is 10.2. The number of nitrogens with one attached hydrogen (secondary N) is 3. The minimum atomic E-state index is -0.304. The molecule has 0 spiro atoms. The van der Waals surface area contributed by atoms with Gasteiger partial charge in [0.25, 0.3) is 5.56 Å². The highest BCUT2D eigenvalue weighted by molar-refractivity contribution is 7.11. The summed E-state index contributed by atoms with van der Waals surface area (Å²) in [6, 6.07) is 1.33. The van der Waals surface area contributed by atoms with Gasteiger partial charge >= 0.3 is 6.03 Å². The summed E-state index contributed by atoms with van der Waals surface area (Å²) in [6.45, 7) is 6.21. The van der Waals surface area contributed by atoms with Crippen molar-refractivity contribution in [1.29, 1.82) is 0 Å². The molecule has 6 nitrogen and oxygen atoms in total. The van der Waals surface area contributed by atoms with Crippen LogP contribution in [0.1, 0.15) is 28.3 Å². The van der Waals surface area contributed by atoms with Gasteiger partial charge in [0.1, 0.15) is 0 Å². The van der Waals surface area contributed by atoms with E-state index < -0.39 is 0 Å². The number of nitrogens with zero attached hydrogens (tertiary/aromatic N) is 1. The number of aromatic amines is 1. The average molecular weight is 306 g/mol. The molecule has 0 bridgehead atoms. The lowest BCUT2D eigenvalue weighted by Crippen LogP contribution is -2.32. The van der Waals surface area contributed by atoms with Crippen LogP contribution in [-0.2, 0) is 0 Å².